The third-order valence-electron chi connectivity index (χ3n) is 2.70. The van der Waals surface area contributed by atoms with E-state index in [1.54, 1.807) is 12.1 Å². The van der Waals surface area contributed by atoms with E-state index in [9.17, 15) is 14.7 Å². The summed E-state index contributed by atoms with van der Waals surface area (Å²) in [6.45, 7) is 0. The zero-order valence-corrected chi connectivity index (χ0v) is 12.3. The second-order valence-corrected chi connectivity index (χ2v) is 5.47. The summed E-state index contributed by atoms with van der Waals surface area (Å²) in [5.41, 5.74) is 0.649. The SMILES string of the molecule is COc1cc(/C=N/N=C2/NC(=O)[C@H](CC(=O)O)S2)ccc1O. The molecule has 0 radical (unpaired) electrons. The number of rotatable bonds is 5. The highest BCUT2D eigenvalue weighted by Crippen LogP contribution is 2.25. The lowest BCUT2D eigenvalue weighted by Crippen LogP contribution is -2.26. The van der Waals surface area contributed by atoms with Gasteiger partial charge in [0.25, 0.3) is 0 Å². The number of benzene rings is 1. The number of aliphatic carboxylic acids is 1. The lowest BCUT2D eigenvalue weighted by atomic mass is 10.2. The van der Waals surface area contributed by atoms with Crippen molar-refractivity contribution in [1.29, 1.82) is 0 Å². The summed E-state index contributed by atoms with van der Waals surface area (Å²) < 4.78 is 4.97. The third-order valence-corrected chi connectivity index (χ3v) is 3.77. The predicted octanol–water partition coefficient (Wildman–Crippen LogP) is 0.797. The normalized spacial score (nSPS) is 19.6. The van der Waals surface area contributed by atoms with E-state index in [1.165, 1.54) is 19.4 Å². The van der Waals surface area contributed by atoms with Crippen LogP contribution in [0.2, 0.25) is 0 Å². The van der Waals surface area contributed by atoms with Crippen molar-refractivity contribution >= 4 is 35.0 Å². The smallest absolute Gasteiger partial charge is 0.305 e. The minimum absolute atomic E-state index is 0.0149. The summed E-state index contributed by atoms with van der Waals surface area (Å²) >= 11 is 1.02. The topological polar surface area (TPSA) is 121 Å². The molecule has 22 heavy (non-hydrogen) atoms. The van der Waals surface area contributed by atoms with E-state index in [2.05, 4.69) is 15.5 Å². The largest absolute Gasteiger partial charge is 0.504 e. The Balaban J connectivity index is 2.03. The third kappa shape index (κ3) is 3.98. The van der Waals surface area contributed by atoms with Gasteiger partial charge in [0.1, 0.15) is 5.25 Å². The molecule has 0 aliphatic carbocycles. The summed E-state index contributed by atoms with van der Waals surface area (Å²) in [7, 11) is 1.43. The van der Waals surface area contributed by atoms with Crippen molar-refractivity contribution in [1.82, 2.24) is 5.32 Å². The van der Waals surface area contributed by atoms with Crippen molar-refractivity contribution in [3.8, 4) is 11.5 Å². The first kappa shape index (κ1) is 15.8. The van der Waals surface area contributed by atoms with Gasteiger partial charge in [-0.2, -0.15) is 5.10 Å². The van der Waals surface area contributed by atoms with Crippen LogP contribution >= 0.6 is 11.8 Å². The van der Waals surface area contributed by atoms with Crippen LogP contribution in [0.15, 0.2) is 28.4 Å². The highest BCUT2D eigenvalue weighted by atomic mass is 32.2. The predicted molar refractivity (Wildman–Crippen MR) is 81.5 cm³/mol. The van der Waals surface area contributed by atoms with Gasteiger partial charge in [0.05, 0.1) is 19.7 Å². The maximum Gasteiger partial charge on any atom is 0.305 e. The number of carboxylic acid groups (broad SMARTS) is 1. The molecular formula is C13H13N3O5S. The maximum absolute atomic E-state index is 11.5. The van der Waals surface area contributed by atoms with Gasteiger partial charge in [0, 0.05) is 0 Å². The summed E-state index contributed by atoms with van der Waals surface area (Å²) in [4.78, 5) is 22.1. The number of amides is 1. The number of phenols is 1. The number of carbonyl (C=O) groups excluding carboxylic acids is 1. The fraction of sp³-hybridized carbons (Fsp3) is 0.231. The van der Waals surface area contributed by atoms with Crippen molar-refractivity contribution in [2.45, 2.75) is 11.7 Å². The van der Waals surface area contributed by atoms with Crippen molar-refractivity contribution in [2.75, 3.05) is 7.11 Å². The molecule has 0 bridgehead atoms. The fourth-order valence-electron chi connectivity index (χ4n) is 1.67. The first-order valence-corrected chi connectivity index (χ1v) is 7.05. The van der Waals surface area contributed by atoms with Gasteiger partial charge in [0.15, 0.2) is 16.7 Å². The molecule has 1 fully saturated rings. The van der Waals surface area contributed by atoms with Gasteiger partial charge in [0.2, 0.25) is 5.91 Å². The van der Waals surface area contributed by atoms with Crippen LogP contribution in [0.1, 0.15) is 12.0 Å². The molecule has 1 aliphatic heterocycles. The molecule has 3 N–H and O–H groups in total. The number of methoxy groups -OCH3 is 1. The van der Waals surface area contributed by atoms with Crippen LogP contribution in [0, 0.1) is 0 Å². The van der Waals surface area contributed by atoms with Gasteiger partial charge in [-0.3, -0.25) is 9.59 Å². The number of hydrogen-bond acceptors (Lipinski definition) is 7. The number of ether oxygens (including phenoxy) is 1. The molecule has 1 aromatic rings. The molecule has 8 nitrogen and oxygen atoms in total. The molecule has 0 unspecified atom stereocenters. The first-order valence-electron chi connectivity index (χ1n) is 6.17. The molecule has 1 aliphatic rings. The molecule has 0 aromatic heterocycles. The fourth-order valence-corrected chi connectivity index (χ4v) is 2.58. The van der Waals surface area contributed by atoms with Crippen LogP contribution in [-0.2, 0) is 9.59 Å². The van der Waals surface area contributed by atoms with Crippen molar-refractivity contribution in [2.24, 2.45) is 10.2 Å². The Hall–Kier alpha value is -2.55. The summed E-state index contributed by atoms with van der Waals surface area (Å²) in [5.74, 6) is -1.12. The lowest BCUT2D eigenvalue weighted by molar-refractivity contribution is -0.138. The zero-order chi connectivity index (χ0) is 16.1. The number of nitrogens with zero attached hydrogens (tertiary/aromatic N) is 2. The number of thioether (sulfide) groups is 1. The second-order valence-electron chi connectivity index (χ2n) is 4.27. The van der Waals surface area contributed by atoms with Gasteiger partial charge in [-0.25, -0.2) is 0 Å². The monoisotopic (exact) mass is 323 g/mol. The van der Waals surface area contributed by atoms with E-state index in [-0.39, 0.29) is 17.3 Å². The van der Waals surface area contributed by atoms with Crippen LogP contribution in [-0.4, -0.2) is 45.8 Å². The summed E-state index contributed by atoms with van der Waals surface area (Å²) in [5, 5.41) is 27.8. The Kier molecular flexibility index (Phi) is 4.99. The number of aromatic hydroxyl groups is 1. The van der Waals surface area contributed by atoms with Crippen LogP contribution < -0.4 is 10.1 Å². The first-order chi connectivity index (χ1) is 10.5. The van der Waals surface area contributed by atoms with Gasteiger partial charge < -0.3 is 20.3 Å². The summed E-state index contributed by atoms with van der Waals surface area (Å²) in [6.07, 6.45) is 1.15. The molecule has 1 aromatic carbocycles. The average molecular weight is 323 g/mol. The van der Waals surface area contributed by atoms with Crippen molar-refractivity contribution < 1.29 is 24.5 Å². The quantitative estimate of drug-likeness (QED) is 0.544. The minimum Gasteiger partial charge on any atom is -0.504 e. The van der Waals surface area contributed by atoms with Crippen LogP contribution in [0.25, 0.3) is 0 Å². The average Bonchev–Trinajstić information content (AvgIpc) is 2.80. The van der Waals surface area contributed by atoms with Crippen molar-refractivity contribution in [3.05, 3.63) is 23.8 Å². The molecule has 0 spiro atoms. The van der Waals surface area contributed by atoms with Crippen LogP contribution in [0.4, 0.5) is 0 Å². The van der Waals surface area contributed by atoms with Gasteiger partial charge in [-0.1, -0.05) is 11.8 Å². The highest BCUT2D eigenvalue weighted by molar-refractivity contribution is 8.15. The standard InChI is InChI=1S/C13H13N3O5S/c1-21-9-4-7(2-3-8(9)17)6-14-16-13-15-12(20)10(22-13)5-11(18)19/h2-4,6,10,17H,5H2,1H3,(H,18,19)(H,15,16,20)/b14-6+/t10-/m0/s1. The molecule has 1 heterocycles. The maximum atomic E-state index is 11.5. The molecule has 0 saturated carbocycles. The van der Waals surface area contributed by atoms with E-state index in [0.717, 1.165) is 11.8 Å². The number of nitrogens with one attached hydrogen (secondary N) is 1. The Morgan fingerprint density at radius 3 is 3.00 bits per heavy atom. The molecule has 1 saturated heterocycles. The lowest BCUT2D eigenvalue weighted by Gasteiger charge is -2.02. The van der Waals surface area contributed by atoms with Gasteiger partial charge in [-0.15, -0.1) is 5.10 Å². The highest BCUT2D eigenvalue weighted by Gasteiger charge is 2.32. The van der Waals surface area contributed by atoms with Crippen molar-refractivity contribution in [3.63, 3.8) is 0 Å². The Labute approximate surface area is 129 Å². The van der Waals surface area contributed by atoms with Crippen LogP contribution in [0.3, 0.4) is 0 Å². The van der Waals surface area contributed by atoms with E-state index in [0.29, 0.717) is 11.3 Å². The number of amidine groups is 1. The van der Waals surface area contributed by atoms with Gasteiger partial charge >= 0.3 is 5.97 Å². The molecule has 9 heteroatoms. The number of phenolic OH excluding ortho intramolecular Hbond substituents is 1. The Morgan fingerprint density at radius 1 is 1.55 bits per heavy atom. The number of hydrogen-bond donors (Lipinski definition) is 3. The Bertz CT molecular complexity index is 659. The zero-order valence-electron chi connectivity index (χ0n) is 11.5. The number of carboxylic acids is 1. The molecule has 116 valence electrons. The van der Waals surface area contributed by atoms with Crippen LogP contribution in [0.5, 0.6) is 11.5 Å². The second kappa shape index (κ2) is 6.94. The van der Waals surface area contributed by atoms with E-state index >= 15 is 0 Å². The minimum atomic E-state index is -1.05. The number of carbonyl (C=O) groups is 2. The molecule has 1 amide bonds. The molecular weight excluding hydrogens is 310 g/mol. The van der Waals surface area contributed by atoms with E-state index in [4.69, 9.17) is 9.84 Å². The van der Waals surface area contributed by atoms with E-state index < -0.39 is 17.1 Å². The summed E-state index contributed by atoms with van der Waals surface area (Å²) in [6, 6.07) is 4.66. The van der Waals surface area contributed by atoms with E-state index in [1.807, 2.05) is 0 Å². The molecule has 2 rings (SSSR count). The Morgan fingerprint density at radius 2 is 2.32 bits per heavy atom. The van der Waals surface area contributed by atoms with Gasteiger partial charge in [-0.05, 0) is 23.8 Å². The molecule has 1 atom stereocenters.